The summed E-state index contributed by atoms with van der Waals surface area (Å²) in [5.41, 5.74) is 3.27. The molecule has 1 aliphatic rings. The van der Waals surface area contributed by atoms with Gasteiger partial charge in [-0.3, -0.25) is 9.59 Å². The highest BCUT2D eigenvalue weighted by atomic mass is 32.1. The van der Waals surface area contributed by atoms with Gasteiger partial charge in [0.05, 0.1) is 17.3 Å². The van der Waals surface area contributed by atoms with Gasteiger partial charge in [0.15, 0.2) is 0 Å². The van der Waals surface area contributed by atoms with Crippen LogP contribution in [0.3, 0.4) is 0 Å². The number of carbonyl (C=O) groups is 2. The number of piperidine rings is 1. The molecule has 0 radical (unpaired) electrons. The molecule has 3 rings (SSSR count). The van der Waals surface area contributed by atoms with E-state index in [1.54, 1.807) is 24.3 Å². The number of carbonyl (C=O) groups excluding carboxylic acids is 2. The van der Waals surface area contributed by atoms with E-state index in [1.165, 1.54) is 0 Å². The van der Waals surface area contributed by atoms with Crippen molar-refractivity contribution in [2.75, 3.05) is 19.6 Å². The van der Waals surface area contributed by atoms with Crippen LogP contribution in [0.2, 0.25) is 0 Å². The van der Waals surface area contributed by atoms with E-state index in [1.807, 2.05) is 35.4 Å². The van der Waals surface area contributed by atoms with Gasteiger partial charge in [-0.05, 0) is 74.1 Å². The maximum Gasteiger partial charge on any atom is 0.253 e. The normalized spacial score (nSPS) is 15.1. The molecule has 35 heavy (non-hydrogen) atoms. The minimum Gasteiger partial charge on any atom is -0.352 e. The van der Waals surface area contributed by atoms with Gasteiger partial charge in [-0.1, -0.05) is 0 Å². The molecule has 9 heteroatoms. The van der Waals surface area contributed by atoms with Crippen molar-refractivity contribution in [1.29, 1.82) is 10.5 Å². The van der Waals surface area contributed by atoms with Gasteiger partial charge >= 0.3 is 0 Å². The number of aryl methyl sites for hydroxylation is 2. The fourth-order valence-corrected chi connectivity index (χ4v) is 5.37. The third-order valence-electron chi connectivity index (χ3n) is 6.63. The number of hydrogen-bond donors (Lipinski definition) is 1. The SMILES string of the molecule is Cc1cc(C#N)nc(C)c1C(=O)NCCC(C)N1CCC(N(Cc2ccsc2)C(=O)CC#N)CC1. The third kappa shape index (κ3) is 6.88. The lowest BCUT2D eigenvalue weighted by atomic mass is 9.99. The Morgan fingerprint density at radius 3 is 2.66 bits per heavy atom. The topological polar surface area (TPSA) is 113 Å². The fourth-order valence-electron chi connectivity index (χ4n) is 4.71. The molecule has 1 aliphatic heterocycles. The number of likely N-dealkylation sites (tertiary alicyclic amines) is 1. The Morgan fingerprint density at radius 2 is 2.06 bits per heavy atom. The number of hydrogen-bond acceptors (Lipinski definition) is 7. The van der Waals surface area contributed by atoms with E-state index in [4.69, 9.17) is 10.5 Å². The highest BCUT2D eigenvalue weighted by Gasteiger charge is 2.29. The monoisotopic (exact) mass is 492 g/mol. The van der Waals surface area contributed by atoms with Crippen LogP contribution in [-0.2, 0) is 11.3 Å². The first-order valence-corrected chi connectivity index (χ1v) is 12.9. The van der Waals surface area contributed by atoms with Gasteiger partial charge in [0.1, 0.15) is 18.2 Å². The Morgan fingerprint density at radius 1 is 1.31 bits per heavy atom. The molecule has 2 amide bonds. The molecular formula is C26H32N6O2S. The molecule has 8 nitrogen and oxygen atoms in total. The molecule has 1 unspecified atom stereocenters. The van der Waals surface area contributed by atoms with Gasteiger partial charge < -0.3 is 15.1 Å². The number of pyridine rings is 1. The molecule has 1 N–H and O–H groups in total. The predicted molar refractivity (Wildman–Crippen MR) is 135 cm³/mol. The van der Waals surface area contributed by atoms with Crippen molar-refractivity contribution in [3.8, 4) is 12.1 Å². The van der Waals surface area contributed by atoms with Crippen molar-refractivity contribution < 1.29 is 9.59 Å². The zero-order chi connectivity index (χ0) is 25.4. The average molecular weight is 493 g/mol. The van der Waals surface area contributed by atoms with Crippen LogP contribution in [0.15, 0.2) is 22.9 Å². The lowest BCUT2D eigenvalue weighted by molar-refractivity contribution is -0.134. The molecule has 1 saturated heterocycles. The molecular weight excluding hydrogens is 460 g/mol. The summed E-state index contributed by atoms with van der Waals surface area (Å²) in [5, 5.41) is 25.1. The van der Waals surface area contributed by atoms with Crippen molar-refractivity contribution in [1.82, 2.24) is 20.1 Å². The summed E-state index contributed by atoms with van der Waals surface area (Å²) in [7, 11) is 0. The number of nitriles is 2. The molecule has 184 valence electrons. The number of rotatable bonds is 9. The van der Waals surface area contributed by atoms with Gasteiger partial charge in [-0.25, -0.2) is 4.98 Å². The molecule has 0 bridgehead atoms. The van der Waals surface area contributed by atoms with E-state index in [0.29, 0.717) is 30.0 Å². The molecule has 2 aromatic rings. The highest BCUT2D eigenvalue weighted by Crippen LogP contribution is 2.23. The summed E-state index contributed by atoms with van der Waals surface area (Å²) in [5.74, 6) is -0.265. The van der Waals surface area contributed by atoms with Crippen LogP contribution in [0, 0.1) is 36.5 Å². The van der Waals surface area contributed by atoms with Gasteiger partial charge in [0.25, 0.3) is 5.91 Å². The molecule has 1 atom stereocenters. The van der Waals surface area contributed by atoms with E-state index in [9.17, 15) is 9.59 Å². The van der Waals surface area contributed by atoms with E-state index < -0.39 is 0 Å². The minimum absolute atomic E-state index is 0.0891. The Bertz CT molecular complexity index is 1090. The standard InChI is InChI=1S/C26H32N6O2S/c1-18-14-22(15-28)30-20(3)25(18)26(34)29-10-5-19(2)31-11-6-23(7-12-31)32(24(33)4-9-27)16-21-8-13-35-17-21/h8,13-14,17,19,23H,4-7,10-12,16H2,1-3H3,(H,29,34). The van der Waals surface area contributed by atoms with Crippen molar-refractivity contribution in [3.05, 3.63) is 51.0 Å². The van der Waals surface area contributed by atoms with E-state index in [0.717, 1.165) is 43.5 Å². The second kappa shape index (κ2) is 12.4. The Hall–Kier alpha value is -3.27. The molecule has 0 spiro atoms. The summed E-state index contributed by atoms with van der Waals surface area (Å²) in [4.78, 5) is 33.8. The van der Waals surface area contributed by atoms with Crippen LogP contribution < -0.4 is 5.32 Å². The predicted octanol–water partition coefficient (Wildman–Crippen LogP) is 3.55. The molecule has 2 aromatic heterocycles. The number of nitrogens with one attached hydrogen (secondary N) is 1. The quantitative estimate of drug-likeness (QED) is 0.573. The zero-order valence-electron chi connectivity index (χ0n) is 20.6. The average Bonchev–Trinajstić information content (AvgIpc) is 3.35. The zero-order valence-corrected chi connectivity index (χ0v) is 21.4. The molecule has 3 heterocycles. The summed E-state index contributed by atoms with van der Waals surface area (Å²) in [6, 6.07) is 8.10. The first kappa shape index (κ1) is 26.3. The van der Waals surface area contributed by atoms with Crippen molar-refractivity contribution >= 4 is 23.2 Å². The Labute approximate surface area is 211 Å². The summed E-state index contributed by atoms with van der Waals surface area (Å²) in [6.45, 7) is 8.58. The number of thiophene rings is 1. The van der Waals surface area contributed by atoms with E-state index in [2.05, 4.69) is 27.5 Å². The Kier molecular flexibility index (Phi) is 9.36. The first-order chi connectivity index (χ1) is 16.8. The van der Waals surface area contributed by atoms with Gasteiger partial charge in [-0.15, -0.1) is 0 Å². The van der Waals surface area contributed by atoms with E-state index in [-0.39, 0.29) is 30.3 Å². The number of amides is 2. The molecule has 0 aliphatic carbocycles. The lowest BCUT2D eigenvalue weighted by Crippen LogP contribution is -2.49. The van der Waals surface area contributed by atoms with Crippen molar-refractivity contribution in [2.45, 2.75) is 65.1 Å². The largest absolute Gasteiger partial charge is 0.352 e. The van der Waals surface area contributed by atoms with Gasteiger partial charge in [-0.2, -0.15) is 21.9 Å². The summed E-state index contributed by atoms with van der Waals surface area (Å²) >= 11 is 1.61. The Balaban J connectivity index is 1.49. The van der Waals surface area contributed by atoms with Crippen LogP contribution in [-0.4, -0.2) is 58.3 Å². The summed E-state index contributed by atoms with van der Waals surface area (Å²) < 4.78 is 0. The smallest absolute Gasteiger partial charge is 0.253 e. The lowest BCUT2D eigenvalue weighted by Gasteiger charge is -2.40. The minimum atomic E-state index is -0.164. The highest BCUT2D eigenvalue weighted by molar-refractivity contribution is 7.07. The first-order valence-electron chi connectivity index (χ1n) is 11.9. The van der Waals surface area contributed by atoms with Crippen LogP contribution in [0.5, 0.6) is 0 Å². The third-order valence-corrected chi connectivity index (χ3v) is 7.37. The maximum atomic E-state index is 12.7. The molecule has 1 fully saturated rings. The fraction of sp³-hybridized carbons (Fsp3) is 0.500. The van der Waals surface area contributed by atoms with Crippen LogP contribution in [0.1, 0.15) is 65.5 Å². The number of nitrogens with zero attached hydrogens (tertiary/aromatic N) is 5. The van der Waals surface area contributed by atoms with E-state index >= 15 is 0 Å². The van der Waals surface area contributed by atoms with Gasteiger partial charge in [0.2, 0.25) is 5.91 Å². The molecule has 0 aromatic carbocycles. The maximum absolute atomic E-state index is 12.7. The second-order valence-electron chi connectivity index (χ2n) is 9.05. The number of aromatic nitrogens is 1. The van der Waals surface area contributed by atoms with Crippen LogP contribution in [0.25, 0.3) is 0 Å². The summed E-state index contributed by atoms with van der Waals surface area (Å²) in [6.07, 6.45) is 2.46. The second-order valence-corrected chi connectivity index (χ2v) is 9.83. The van der Waals surface area contributed by atoms with Crippen molar-refractivity contribution in [3.63, 3.8) is 0 Å². The van der Waals surface area contributed by atoms with Crippen LogP contribution in [0.4, 0.5) is 0 Å². The van der Waals surface area contributed by atoms with Crippen molar-refractivity contribution in [2.24, 2.45) is 0 Å². The molecule has 0 saturated carbocycles. The van der Waals surface area contributed by atoms with Crippen LogP contribution >= 0.6 is 11.3 Å². The van der Waals surface area contributed by atoms with Gasteiger partial charge in [0, 0.05) is 38.3 Å².